The molecule has 0 aliphatic heterocycles. The molecule has 1 atom stereocenters. The van der Waals surface area contributed by atoms with Crippen LogP contribution in [-0.2, 0) is 4.79 Å². The van der Waals surface area contributed by atoms with Crippen molar-refractivity contribution in [1.82, 2.24) is 15.2 Å². The van der Waals surface area contributed by atoms with Gasteiger partial charge in [0.2, 0.25) is 11.0 Å². The van der Waals surface area contributed by atoms with Gasteiger partial charge in [0.1, 0.15) is 0 Å². The normalized spacial score (nSPS) is 12.1. The maximum absolute atomic E-state index is 12.2. The Morgan fingerprint density at radius 2 is 2.29 bits per heavy atom. The molecule has 0 saturated carbocycles. The molecule has 1 unspecified atom stereocenters. The topological polar surface area (TPSA) is 59.0 Å². The molecule has 2 rings (SSSR count). The first-order chi connectivity index (χ1) is 10.1. The molecule has 0 aromatic carbocycles. The van der Waals surface area contributed by atoms with E-state index in [1.165, 1.54) is 11.3 Å². The van der Waals surface area contributed by atoms with E-state index in [0.717, 1.165) is 16.3 Å². The van der Waals surface area contributed by atoms with Crippen molar-refractivity contribution < 1.29 is 4.79 Å². The number of hydrogen-bond acceptors (Lipinski definition) is 6. The summed E-state index contributed by atoms with van der Waals surface area (Å²) in [7, 11) is 1.75. The van der Waals surface area contributed by atoms with Gasteiger partial charge in [-0.25, -0.2) is 0 Å². The van der Waals surface area contributed by atoms with Gasteiger partial charge in [-0.1, -0.05) is 25.2 Å². The molecular formula is C14H18N4OS2. The van der Waals surface area contributed by atoms with Crippen LogP contribution in [0.2, 0.25) is 0 Å². The van der Waals surface area contributed by atoms with Gasteiger partial charge in [0.25, 0.3) is 0 Å². The molecule has 0 aliphatic carbocycles. The Hall–Kier alpha value is -1.47. The van der Waals surface area contributed by atoms with Crippen molar-refractivity contribution in [2.24, 2.45) is 0 Å². The minimum Gasteiger partial charge on any atom is -0.290 e. The molecule has 0 aliphatic rings. The van der Waals surface area contributed by atoms with E-state index in [4.69, 9.17) is 0 Å². The number of carbonyl (C=O) groups excluding carboxylic acids is 1. The molecule has 2 heterocycles. The first-order valence-electron chi connectivity index (χ1n) is 6.74. The van der Waals surface area contributed by atoms with Gasteiger partial charge < -0.3 is 0 Å². The Bertz CT molecular complexity index is 588. The molecule has 0 bridgehead atoms. The zero-order valence-corrected chi connectivity index (χ0v) is 13.9. The highest BCUT2D eigenvalue weighted by Crippen LogP contribution is 2.28. The average Bonchev–Trinajstić information content (AvgIpc) is 2.97. The second-order valence-electron chi connectivity index (χ2n) is 4.55. The molecule has 0 fully saturated rings. The molecular weight excluding hydrogens is 304 g/mol. The minimum absolute atomic E-state index is 0.0670. The summed E-state index contributed by atoms with van der Waals surface area (Å²) in [6.07, 6.45) is 3.97. The molecule has 0 spiro atoms. The van der Waals surface area contributed by atoms with Crippen molar-refractivity contribution in [2.75, 3.05) is 17.7 Å². The van der Waals surface area contributed by atoms with Crippen molar-refractivity contribution in [3.8, 4) is 10.6 Å². The van der Waals surface area contributed by atoms with Crippen molar-refractivity contribution >= 4 is 34.1 Å². The van der Waals surface area contributed by atoms with Crippen molar-refractivity contribution in [2.45, 2.75) is 25.5 Å². The Morgan fingerprint density at radius 3 is 2.95 bits per heavy atom. The summed E-state index contributed by atoms with van der Waals surface area (Å²) < 4.78 is 0. The van der Waals surface area contributed by atoms with Crippen LogP contribution in [0, 0.1) is 0 Å². The standard InChI is InChI=1S/C14H18N4OS2/c1-4-20-10(2)8-12(19)18(3)14-17-16-13(21-14)11-6-5-7-15-9-11/h5-7,9-10H,4,8H2,1-3H3. The molecule has 7 heteroatoms. The second-order valence-corrected chi connectivity index (χ2v) is 7.23. The predicted molar refractivity (Wildman–Crippen MR) is 88.8 cm³/mol. The molecule has 2 aromatic rings. The van der Waals surface area contributed by atoms with E-state index in [1.54, 1.807) is 36.1 Å². The number of nitrogens with zero attached hydrogens (tertiary/aromatic N) is 4. The summed E-state index contributed by atoms with van der Waals surface area (Å²) in [5, 5.41) is 9.95. The number of rotatable bonds is 6. The molecule has 1 amide bonds. The van der Waals surface area contributed by atoms with Crippen LogP contribution < -0.4 is 4.90 Å². The Morgan fingerprint density at radius 1 is 1.48 bits per heavy atom. The van der Waals surface area contributed by atoms with Crippen LogP contribution in [0.5, 0.6) is 0 Å². The molecule has 112 valence electrons. The first-order valence-corrected chi connectivity index (χ1v) is 8.60. The zero-order chi connectivity index (χ0) is 15.2. The van der Waals surface area contributed by atoms with Gasteiger partial charge in [0, 0.05) is 36.7 Å². The van der Waals surface area contributed by atoms with E-state index in [1.807, 2.05) is 12.1 Å². The van der Waals surface area contributed by atoms with Gasteiger partial charge in [-0.2, -0.15) is 11.8 Å². The monoisotopic (exact) mass is 322 g/mol. The molecule has 2 aromatic heterocycles. The number of thioether (sulfide) groups is 1. The highest BCUT2D eigenvalue weighted by Gasteiger charge is 2.18. The van der Waals surface area contributed by atoms with Crippen molar-refractivity contribution in [3.63, 3.8) is 0 Å². The fourth-order valence-electron chi connectivity index (χ4n) is 1.79. The summed E-state index contributed by atoms with van der Waals surface area (Å²) in [6, 6.07) is 3.79. The van der Waals surface area contributed by atoms with Crippen LogP contribution in [-0.4, -0.2) is 39.1 Å². The number of pyridine rings is 1. The molecule has 0 radical (unpaired) electrons. The van der Waals surface area contributed by atoms with Gasteiger partial charge in [0.05, 0.1) is 0 Å². The molecule has 0 N–H and O–H groups in total. The Labute approximate surface area is 132 Å². The lowest BCUT2D eigenvalue weighted by atomic mass is 10.3. The van der Waals surface area contributed by atoms with Gasteiger partial charge in [0.15, 0.2) is 5.01 Å². The van der Waals surface area contributed by atoms with Gasteiger partial charge in [-0.15, -0.1) is 10.2 Å². The number of anilines is 1. The molecule has 21 heavy (non-hydrogen) atoms. The summed E-state index contributed by atoms with van der Waals surface area (Å²) in [6.45, 7) is 4.17. The van der Waals surface area contributed by atoms with Crippen LogP contribution in [0.25, 0.3) is 10.6 Å². The van der Waals surface area contributed by atoms with Crippen LogP contribution in [0.15, 0.2) is 24.5 Å². The van der Waals surface area contributed by atoms with Crippen molar-refractivity contribution in [1.29, 1.82) is 0 Å². The Kier molecular flexibility index (Phi) is 5.69. The lowest BCUT2D eigenvalue weighted by Crippen LogP contribution is -2.28. The summed E-state index contributed by atoms with van der Waals surface area (Å²) >= 11 is 3.18. The van der Waals surface area contributed by atoms with Crippen LogP contribution in [0.3, 0.4) is 0 Å². The molecule has 0 saturated heterocycles. The van der Waals surface area contributed by atoms with Crippen LogP contribution >= 0.6 is 23.1 Å². The van der Waals surface area contributed by atoms with Gasteiger partial charge in [-0.05, 0) is 17.9 Å². The van der Waals surface area contributed by atoms with E-state index in [0.29, 0.717) is 16.8 Å². The van der Waals surface area contributed by atoms with E-state index in [2.05, 4.69) is 29.0 Å². The van der Waals surface area contributed by atoms with E-state index in [9.17, 15) is 4.79 Å². The fraction of sp³-hybridized carbons (Fsp3) is 0.429. The lowest BCUT2D eigenvalue weighted by Gasteiger charge is -2.15. The second kappa shape index (κ2) is 7.51. The SMILES string of the molecule is CCSC(C)CC(=O)N(C)c1nnc(-c2cccnc2)s1. The number of hydrogen-bond donors (Lipinski definition) is 0. The zero-order valence-electron chi connectivity index (χ0n) is 12.3. The largest absolute Gasteiger partial charge is 0.290 e. The van der Waals surface area contributed by atoms with E-state index < -0.39 is 0 Å². The van der Waals surface area contributed by atoms with Gasteiger partial charge in [-0.3, -0.25) is 14.7 Å². The third kappa shape index (κ3) is 4.25. The van der Waals surface area contributed by atoms with Crippen LogP contribution in [0.1, 0.15) is 20.3 Å². The minimum atomic E-state index is 0.0670. The average molecular weight is 322 g/mol. The third-order valence-corrected chi connectivity index (χ3v) is 5.01. The summed E-state index contributed by atoms with van der Waals surface area (Å²) in [5.74, 6) is 1.08. The first kappa shape index (κ1) is 15.9. The van der Waals surface area contributed by atoms with Crippen molar-refractivity contribution in [3.05, 3.63) is 24.5 Å². The fourth-order valence-corrected chi connectivity index (χ4v) is 3.43. The smallest absolute Gasteiger partial charge is 0.229 e. The quantitative estimate of drug-likeness (QED) is 0.818. The van der Waals surface area contributed by atoms with E-state index >= 15 is 0 Å². The number of aromatic nitrogens is 3. The van der Waals surface area contributed by atoms with Crippen LogP contribution in [0.4, 0.5) is 5.13 Å². The summed E-state index contributed by atoms with van der Waals surface area (Å²) in [4.78, 5) is 17.9. The number of amides is 1. The maximum Gasteiger partial charge on any atom is 0.229 e. The van der Waals surface area contributed by atoms with E-state index in [-0.39, 0.29) is 5.91 Å². The summed E-state index contributed by atoms with van der Waals surface area (Å²) in [5.41, 5.74) is 0.914. The van der Waals surface area contributed by atoms with Gasteiger partial charge >= 0.3 is 0 Å². The number of carbonyl (C=O) groups is 1. The highest BCUT2D eigenvalue weighted by molar-refractivity contribution is 7.99. The lowest BCUT2D eigenvalue weighted by molar-refractivity contribution is -0.118. The molecule has 5 nitrogen and oxygen atoms in total. The highest BCUT2D eigenvalue weighted by atomic mass is 32.2. The third-order valence-electron chi connectivity index (χ3n) is 2.90. The predicted octanol–water partition coefficient (Wildman–Crippen LogP) is 3.09. The maximum atomic E-state index is 12.2. The Balaban J connectivity index is 2.05.